The number of likely N-dealkylation sites (tertiary alicyclic amines) is 1. The fourth-order valence-electron chi connectivity index (χ4n) is 3.08. The zero-order valence-corrected chi connectivity index (χ0v) is 12.6. The standard InChI is InChI=1S/C13H21BrF3NO/c14-9-12(3-6-19-7-4-12)10-18-5-1-2-11(8-18)13(15,16)17/h11H,1-10H2. The van der Waals surface area contributed by atoms with Gasteiger partial charge in [-0.25, -0.2) is 0 Å². The van der Waals surface area contributed by atoms with Crippen molar-refractivity contribution in [1.82, 2.24) is 4.90 Å². The van der Waals surface area contributed by atoms with E-state index in [4.69, 9.17) is 4.74 Å². The van der Waals surface area contributed by atoms with Crippen molar-refractivity contribution in [3.8, 4) is 0 Å². The van der Waals surface area contributed by atoms with Crippen LogP contribution in [0.15, 0.2) is 0 Å². The smallest absolute Gasteiger partial charge is 0.381 e. The van der Waals surface area contributed by atoms with E-state index in [9.17, 15) is 13.2 Å². The van der Waals surface area contributed by atoms with Gasteiger partial charge < -0.3 is 9.64 Å². The first-order chi connectivity index (χ1) is 8.95. The van der Waals surface area contributed by atoms with Gasteiger partial charge >= 0.3 is 6.18 Å². The molecule has 2 aliphatic rings. The molecule has 0 aliphatic carbocycles. The Balaban J connectivity index is 1.94. The van der Waals surface area contributed by atoms with E-state index in [2.05, 4.69) is 15.9 Å². The molecule has 6 heteroatoms. The summed E-state index contributed by atoms with van der Waals surface area (Å²) in [5, 5.41) is 0.844. The molecule has 1 unspecified atom stereocenters. The van der Waals surface area contributed by atoms with Crippen LogP contribution in [0.4, 0.5) is 13.2 Å². The normalized spacial score (nSPS) is 29.4. The Morgan fingerprint density at radius 1 is 1.26 bits per heavy atom. The summed E-state index contributed by atoms with van der Waals surface area (Å²) in [4.78, 5) is 2.01. The topological polar surface area (TPSA) is 12.5 Å². The molecule has 0 aromatic rings. The maximum Gasteiger partial charge on any atom is 0.393 e. The summed E-state index contributed by atoms with van der Waals surface area (Å²) in [7, 11) is 0. The highest BCUT2D eigenvalue weighted by Crippen LogP contribution is 2.37. The van der Waals surface area contributed by atoms with Crippen molar-refractivity contribution < 1.29 is 17.9 Å². The Hall–Kier alpha value is 0.190. The van der Waals surface area contributed by atoms with Gasteiger partial charge in [-0.1, -0.05) is 15.9 Å². The van der Waals surface area contributed by atoms with Crippen molar-refractivity contribution in [3.05, 3.63) is 0 Å². The molecular weight excluding hydrogens is 323 g/mol. The molecule has 2 saturated heterocycles. The summed E-state index contributed by atoms with van der Waals surface area (Å²) in [5.74, 6) is -1.14. The molecule has 0 bridgehead atoms. The maximum atomic E-state index is 12.8. The highest BCUT2D eigenvalue weighted by Gasteiger charge is 2.43. The second-order valence-electron chi connectivity index (χ2n) is 5.86. The quantitative estimate of drug-likeness (QED) is 0.727. The Bertz CT molecular complexity index is 292. The number of hydrogen-bond donors (Lipinski definition) is 0. The molecule has 2 aliphatic heterocycles. The minimum atomic E-state index is -4.05. The first-order valence-electron chi connectivity index (χ1n) is 6.88. The van der Waals surface area contributed by atoms with Gasteiger partial charge in [-0.15, -0.1) is 0 Å². The van der Waals surface area contributed by atoms with Gasteiger partial charge in [0, 0.05) is 31.6 Å². The maximum absolute atomic E-state index is 12.8. The summed E-state index contributed by atoms with van der Waals surface area (Å²) >= 11 is 3.55. The number of halogens is 4. The Morgan fingerprint density at radius 2 is 1.95 bits per heavy atom. The van der Waals surface area contributed by atoms with Crippen molar-refractivity contribution in [1.29, 1.82) is 0 Å². The molecule has 0 saturated carbocycles. The lowest BCUT2D eigenvalue weighted by molar-refractivity contribution is -0.188. The van der Waals surface area contributed by atoms with E-state index in [1.165, 1.54) is 0 Å². The van der Waals surface area contributed by atoms with Crippen molar-refractivity contribution >= 4 is 15.9 Å². The van der Waals surface area contributed by atoms with Crippen LogP contribution in [0, 0.1) is 11.3 Å². The molecule has 112 valence electrons. The lowest BCUT2D eigenvalue weighted by Gasteiger charge is -2.42. The predicted octanol–water partition coefficient (Wildman–Crippen LogP) is 3.45. The van der Waals surface area contributed by atoms with Crippen LogP contribution in [0.3, 0.4) is 0 Å². The second kappa shape index (κ2) is 6.31. The van der Waals surface area contributed by atoms with Crippen molar-refractivity contribution in [2.24, 2.45) is 11.3 Å². The van der Waals surface area contributed by atoms with E-state index in [1.807, 2.05) is 4.90 Å². The lowest BCUT2D eigenvalue weighted by atomic mass is 9.81. The van der Waals surface area contributed by atoms with Gasteiger partial charge in [0.2, 0.25) is 0 Å². The number of hydrogen-bond acceptors (Lipinski definition) is 2. The van der Waals surface area contributed by atoms with Crippen LogP contribution in [-0.4, -0.2) is 49.3 Å². The van der Waals surface area contributed by atoms with Crippen LogP contribution in [0.2, 0.25) is 0 Å². The first-order valence-corrected chi connectivity index (χ1v) is 8.00. The summed E-state index contributed by atoms with van der Waals surface area (Å²) in [6.45, 7) is 3.17. The molecule has 0 N–H and O–H groups in total. The molecule has 0 amide bonds. The van der Waals surface area contributed by atoms with Gasteiger partial charge in [0.15, 0.2) is 0 Å². The lowest BCUT2D eigenvalue weighted by Crippen LogP contribution is -2.48. The largest absolute Gasteiger partial charge is 0.393 e. The SMILES string of the molecule is FC(F)(F)C1CCCN(CC2(CBr)CCOCC2)C1. The third-order valence-electron chi connectivity index (χ3n) is 4.36. The third kappa shape index (κ3) is 4.08. The molecule has 0 aromatic heterocycles. The highest BCUT2D eigenvalue weighted by molar-refractivity contribution is 9.09. The Morgan fingerprint density at radius 3 is 2.53 bits per heavy atom. The number of alkyl halides is 4. The number of nitrogens with zero attached hydrogens (tertiary/aromatic N) is 1. The molecule has 1 atom stereocenters. The Labute approximate surface area is 120 Å². The first kappa shape index (κ1) is 15.6. The van der Waals surface area contributed by atoms with E-state index in [-0.39, 0.29) is 18.4 Å². The zero-order valence-electron chi connectivity index (χ0n) is 11.0. The summed E-state index contributed by atoms with van der Waals surface area (Å²) in [5.41, 5.74) is 0.0890. The molecular formula is C13H21BrF3NO. The van der Waals surface area contributed by atoms with Gasteiger partial charge in [-0.3, -0.25) is 0 Å². The molecule has 2 fully saturated rings. The van der Waals surface area contributed by atoms with Crippen LogP contribution in [-0.2, 0) is 4.74 Å². The molecule has 19 heavy (non-hydrogen) atoms. The molecule has 0 spiro atoms. The van der Waals surface area contributed by atoms with Gasteiger partial charge in [0.1, 0.15) is 0 Å². The van der Waals surface area contributed by atoms with E-state index in [0.717, 1.165) is 44.5 Å². The monoisotopic (exact) mass is 343 g/mol. The van der Waals surface area contributed by atoms with Crippen molar-refractivity contribution in [2.45, 2.75) is 31.9 Å². The average Bonchev–Trinajstić information content (AvgIpc) is 2.39. The van der Waals surface area contributed by atoms with Gasteiger partial charge in [0.05, 0.1) is 5.92 Å². The minimum Gasteiger partial charge on any atom is -0.381 e. The molecule has 0 aromatic carbocycles. The highest BCUT2D eigenvalue weighted by atomic mass is 79.9. The number of rotatable bonds is 3. The van der Waals surface area contributed by atoms with Gasteiger partial charge in [0.25, 0.3) is 0 Å². The van der Waals surface area contributed by atoms with Gasteiger partial charge in [-0.05, 0) is 37.6 Å². The van der Waals surface area contributed by atoms with E-state index < -0.39 is 12.1 Å². The predicted molar refractivity (Wildman–Crippen MR) is 71.5 cm³/mol. The van der Waals surface area contributed by atoms with Crippen LogP contribution in [0.25, 0.3) is 0 Å². The fraction of sp³-hybridized carbons (Fsp3) is 1.00. The third-order valence-corrected chi connectivity index (χ3v) is 5.55. The van der Waals surface area contributed by atoms with Crippen LogP contribution in [0.5, 0.6) is 0 Å². The number of ether oxygens (including phenoxy) is 1. The van der Waals surface area contributed by atoms with Gasteiger partial charge in [-0.2, -0.15) is 13.2 Å². The minimum absolute atomic E-state index is 0.0890. The average molecular weight is 344 g/mol. The summed E-state index contributed by atoms with van der Waals surface area (Å²) < 4.78 is 43.8. The van der Waals surface area contributed by atoms with Crippen LogP contribution >= 0.6 is 15.9 Å². The van der Waals surface area contributed by atoms with Crippen LogP contribution < -0.4 is 0 Å². The van der Waals surface area contributed by atoms with Crippen molar-refractivity contribution in [3.63, 3.8) is 0 Å². The Kier molecular flexibility index (Phi) is 5.17. The van der Waals surface area contributed by atoms with Crippen LogP contribution in [0.1, 0.15) is 25.7 Å². The second-order valence-corrected chi connectivity index (χ2v) is 6.42. The molecule has 2 rings (SSSR count). The zero-order chi connectivity index (χ0) is 13.9. The fourth-order valence-corrected chi connectivity index (χ4v) is 3.82. The molecule has 0 radical (unpaired) electrons. The van der Waals surface area contributed by atoms with E-state index in [1.54, 1.807) is 0 Å². The van der Waals surface area contributed by atoms with Crippen molar-refractivity contribution in [2.75, 3.05) is 38.2 Å². The summed E-state index contributed by atoms with van der Waals surface area (Å²) in [6, 6.07) is 0. The van der Waals surface area contributed by atoms with E-state index >= 15 is 0 Å². The molecule has 2 nitrogen and oxygen atoms in total. The number of piperidine rings is 1. The van der Waals surface area contributed by atoms with E-state index in [0.29, 0.717) is 6.42 Å². The molecule has 2 heterocycles. The summed E-state index contributed by atoms with van der Waals surface area (Å²) in [6.07, 6.45) is -1.24.